The van der Waals surface area contributed by atoms with E-state index in [9.17, 15) is 4.79 Å². The summed E-state index contributed by atoms with van der Waals surface area (Å²) in [5.74, 6) is 0.369. The minimum atomic E-state index is -0.123. The van der Waals surface area contributed by atoms with Crippen LogP contribution in [-0.4, -0.2) is 27.2 Å². The summed E-state index contributed by atoms with van der Waals surface area (Å²) < 4.78 is 1.85. The van der Waals surface area contributed by atoms with Crippen LogP contribution in [0.1, 0.15) is 55.6 Å². The van der Waals surface area contributed by atoms with Crippen LogP contribution in [0.4, 0.5) is 0 Å². The van der Waals surface area contributed by atoms with Crippen LogP contribution in [0.2, 0.25) is 0 Å². The lowest BCUT2D eigenvalue weighted by atomic mass is 9.99. The van der Waals surface area contributed by atoms with E-state index in [4.69, 9.17) is 5.10 Å². The summed E-state index contributed by atoms with van der Waals surface area (Å²) in [6.07, 6.45) is 6.37. The van der Waals surface area contributed by atoms with Gasteiger partial charge in [-0.15, -0.1) is 11.3 Å². The summed E-state index contributed by atoms with van der Waals surface area (Å²) in [4.78, 5) is 19.1. The number of hydrogen-bond donors (Lipinski definition) is 1. The summed E-state index contributed by atoms with van der Waals surface area (Å²) in [5.41, 5.74) is 3.32. The van der Waals surface area contributed by atoms with E-state index >= 15 is 0 Å². The van der Waals surface area contributed by atoms with Crippen LogP contribution in [0, 0.1) is 5.92 Å². The van der Waals surface area contributed by atoms with Crippen molar-refractivity contribution in [1.29, 1.82) is 0 Å². The second kappa shape index (κ2) is 10.6. The van der Waals surface area contributed by atoms with Crippen LogP contribution in [0.5, 0.6) is 0 Å². The number of benzene rings is 1. The highest BCUT2D eigenvalue weighted by atomic mass is 32.1. The smallest absolute Gasteiger partial charge is 0.272 e. The van der Waals surface area contributed by atoms with E-state index in [-0.39, 0.29) is 5.91 Å². The van der Waals surface area contributed by atoms with Gasteiger partial charge in [-0.05, 0) is 35.4 Å². The maximum absolute atomic E-state index is 13.3. The van der Waals surface area contributed by atoms with Gasteiger partial charge in [0.25, 0.3) is 5.91 Å². The Morgan fingerprint density at radius 2 is 1.97 bits per heavy atom. The molecule has 0 aliphatic rings. The van der Waals surface area contributed by atoms with Crippen LogP contribution in [-0.2, 0) is 6.54 Å². The van der Waals surface area contributed by atoms with Gasteiger partial charge in [0.2, 0.25) is 0 Å². The molecule has 0 aliphatic carbocycles. The highest BCUT2D eigenvalue weighted by Crippen LogP contribution is 2.33. The average Bonchev–Trinajstić information content (AvgIpc) is 3.49. The molecule has 5 nitrogen and oxygen atoms in total. The van der Waals surface area contributed by atoms with E-state index in [0.717, 1.165) is 39.9 Å². The van der Waals surface area contributed by atoms with Crippen molar-refractivity contribution in [3.8, 4) is 10.4 Å². The van der Waals surface area contributed by atoms with Crippen molar-refractivity contribution in [1.82, 2.24) is 20.1 Å². The third-order valence-electron chi connectivity index (χ3n) is 5.90. The molecule has 4 aromatic rings. The number of carbonyl (C=O) groups is 1. The Kier molecular flexibility index (Phi) is 7.32. The maximum Gasteiger partial charge on any atom is 0.272 e. The van der Waals surface area contributed by atoms with E-state index in [0.29, 0.717) is 24.7 Å². The molecule has 1 atom stereocenters. The molecule has 1 N–H and O–H groups in total. The molecule has 0 radical (unpaired) electrons. The Bertz CT molecular complexity index is 1150. The molecule has 0 spiro atoms. The standard InChI is InChI=1S/C26H30N4OS/c1-3-5-10-19(4-2)17-28-26(31)24-23-21(22-13-9-16-32-22)14-15-27-25(23)30(29-24)18-20-11-7-6-8-12-20/h6-9,11-16,19H,3-5,10,17-18H2,1-2H3,(H,28,31). The zero-order valence-electron chi connectivity index (χ0n) is 18.8. The third kappa shape index (κ3) is 4.91. The van der Waals surface area contributed by atoms with E-state index in [1.807, 2.05) is 35.0 Å². The summed E-state index contributed by atoms with van der Waals surface area (Å²) in [5, 5.41) is 10.8. The molecule has 3 aromatic heterocycles. The van der Waals surface area contributed by atoms with Gasteiger partial charge in [-0.2, -0.15) is 5.10 Å². The average molecular weight is 447 g/mol. The lowest BCUT2D eigenvalue weighted by molar-refractivity contribution is 0.0941. The quantitative estimate of drug-likeness (QED) is 0.318. The molecule has 6 heteroatoms. The van der Waals surface area contributed by atoms with Crippen LogP contribution >= 0.6 is 11.3 Å². The number of hydrogen-bond acceptors (Lipinski definition) is 4. The van der Waals surface area contributed by atoms with Crippen LogP contribution in [0.25, 0.3) is 21.5 Å². The molecule has 4 rings (SSSR count). The van der Waals surface area contributed by atoms with Crippen molar-refractivity contribution in [3.05, 3.63) is 71.4 Å². The Labute approximate surface area is 193 Å². The van der Waals surface area contributed by atoms with E-state index in [2.05, 4.69) is 47.7 Å². The fourth-order valence-electron chi connectivity index (χ4n) is 4.02. The highest BCUT2D eigenvalue weighted by Gasteiger charge is 2.22. The molecule has 0 saturated heterocycles. The number of pyridine rings is 1. The molecule has 0 aliphatic heterocycles. The minimum absolute atomic E-state index is 0.123. The first-order valence-corrected chi connectivity index (χ1v) is 12.3. The minimum Gasteiger partial charge on any atom is -0.350 e. The monoisotopic (exact) mass is 446 g/mol. The van der Waals surface area contributed by atoms with E-state index < -0.39 is 0 Å². The third-order valence-corrected chi connectivity index (χ3v) is 6.81. The van der Waals surface area contributed by atoms with Gasteiger partial charge in [0.1, 0.15) is 0 Å². The van der Waals surface area contributed by atoms with Crippen LogP contribution in [0.3, 0.4) is 0 Å². The van der Waals surface area contributed by atoms with Gasteiger partial charge in [-0.1, -0.05) is 69.5 Å². The molecule has 32 heavy (non-hydrogen) atoms. The van der Waals surface area contributed by atoms with Gasteiger partial charge >= 0.3 is 0 Å². The number of nitrogens with one attached hydrogen (secondary N) is 1. The first kappa shape index (κ1) is 22.2. The summed E-state index contributed by atoms with van der Waals surface area (Å²) in [7, 11) is 0. The predicted molar refractivity (Wildman–Crippen MR) is 132 cm³/mol. The first-order chi connectivity index (χ1) is 15.7. The topological polar surface area (TPSA) is 59.8 Å². The number of aromatic nitrogens is 3. The molecule has 166 valence electrons. The predicted octanol–water partition coefficient (Wildman–Crippen LogP) is 6.15. The van der Waals surface area contributed by atoms with Crippen molar-refractivity contribution < 1.29 is 4.79 Å². The zero-order chi connectivity index (χ0) is 22.3. The number of nitrogens with zero attached hydrogens (tertiary/aromatic N) is 3. The fourth-order valence-corrected chi connectivity index (χ4v) is 4.78. The maximum atomic E-state index is 13.3. The van der Waals surface area contributed by atoms with Crippen LogP contribution < -0.4 is 5.32 Å². The molecule has 0 saturated carbocycles. The Hall–Kier alpha value is -2.99. The van der Waals surface area contributed by atoms with Crippen molar-refractivity contribution in [2.75, 3.05) is 6.54 Å². The van der Waals surface area contributed by atoms with Crippen molar-refractivity contribution in [2.24, 2.45) is 5.92 Å². The number of carbonyl (C=O) groups excluding carboxylic acids is 1. The fraction of sp³-hybridized carbons (Fsp3) is 0.346. The summed E-state index contributed by atoms with van der Waals surface area (Å²) in [6.45, 7) is 5.64. The second-order valence-electron chi connectivity index (χ2n) is 8.15. The largest absolute Gasteiger partial charge is 0.350 e. The van der Waals surface area contributed by atoms with Crippen molar-refractivity contribution in [3.63, 3.8) is 0 Å². The lowest BCUT2D eigenvalue weighted by Crippen LogP contribution is -2.29. The van der Waals surface area contributed by atoms with Gasteiger partial charge in [-0.25, -0.2) is 9.67 Å². The van der Waals surface area contributed by atoms with Gasteiger partial charge in [0.15, 0.2) is 11.3 Å². The van der Waals surface area contributed by atoms with E-state index in [1.165, 1.54) is 12.8 Å². The molecular weight excluding hydrogens is 416 g/mol. The molecule has 1 unspecified atom stereocenters. The molecule has 0 bridgehead atoms. The Morgan fingerprint density at radius 1 is 1.12 bits per heavy atom. The number of fused-ring (bicyclic) bond motifs is 1. The molecule has 3 heterocycles. The first-order valence-electron chi connectivity index (χ1n) is 11.4. The number of unbranched alkanes of at least 4 members (excludes halogenated alkanes) is 1. The van der Waals surface area contributed by atoms with Gasteiger partial charge in [0.05, 0.1) is 11.9 Å². The van der Waals surface area contributed by atoms with E-state index in [1.54, 1.807) is 17.5 Å². The highest BCUT2D eigenvalue weighted by molar-refractivity contribution is 7.13. The number of amides is 1. The molecule has 1 aromatic carbocycles. The summed E-state index contributed by atoms with van der Waals surface area (Å²) in [6, 6.07) is 16.2. The lowest BCUT2D eigenvalue weighted by Gasteiger charge is -2.14. The van der Waals surface area contributed by atoms with Crippen molar-refractivity contribution in [2.45, 2.75) is 46.1 Å². The Morgan fingerprint density at radius 3 is 2.69 bits per heavy atom. The summed E-state index contributed by atoms with van der Waals surface area (Å²) >= 11 is 1.66. The normalized spacial score (nSPS) is 12.2. The number of thiophene rings is 1. The molecule has 0 fully saturated rings. The number of rotatable bonds is 10. The Balaban J connectivity index is 1.71. The SMILES string of the molecule is CCCCC(CC)CNC(=O)c1nn(Cc2ccccc2)c2nccc(-c3cccs3)c12. The van der Waals surface area contributed by atoms with Crippen molar-refractivity contribution >= 4 is 28.3 Å². The zero-order valence-corrected chi connectivity index (χ0v) is 19.6. The molecular formula is C26H30N4OS. The van der Waals surface area contributed by atoms with Gasteiger partial charge in [0, 0.05) is 23.2 Å². The van der Waals surface area contributed by atoms with Gasteiger partial charge < -0.3 is 5.32 Å². The molecule has 1 amide bonds. The van der Waals surface area contributed by atoms with Gasteiger partial charge in [-0.3, -0.25) is 4.79 Å². The second-order valence-corrected chi connectivity index (χ2v) is 9.10. The van der Waals surface area contributed by atoms with Crippen LogP contribution in [0.15, 0.2) is 60.1 Å².